The first-order valence-electron chi connectivity index (χ1n) is 3.69. The first kappa shape index (κ1) is 7.78. The van der Waals surface area contributed by atoms with Crippen molar-refractivity contribution in [1.82, 2.24) is 19.7 Å². The van der Waals surface area contributed by atoms with E-state index < -0.39 is 0 Å². The number of rotatable bonds is 0. The van der Waals surface area contributed by atoms with Gasteiger partial charge in [0.05, 0.1) is 5.69 Å². The molecule has 0 fully saturated rings. The first-order valence-corrected chi connectivity index (χ1v) is 3.69. The number of hydrogen-bond acceptors (Lipinski definition) is 5. The molecule has 0 aromatic heterocycles. The van der Waals surface area contributed by atoms with Gasteiger partial charge < -0.3 is 10.2 Å². The Balaban J connectivity index is 2.89. The van der Waals surface area contributed by atoms with E-state index in [1.807, 2.05) is 0 Å². The van der Waals surface area contributed by atoms with Crippen molar-refractivity contribution in [3.05, 3.63) is 5.69 Å². The number of aryl methyl sites for hydroxylation is 1. The fourth-order valence-electron chi connectivity index (χ4n) is 1.27. The molecule has 2 N–H and O–H groups in total. The third kappa shape index (κ3) is 0.915. The van der Waals surface area contributed by atoms with Crippen LogP contribution < -0.4 is 0 Å². The number of aromatic hydroxyl groups is 2. The molecule has 0 amide bonds. The van der Waals surface area contributed by atoms with Gasteiger partial charge in [0.15, 0.2) is 5.69 Å². The van der Waals surface area contributed by atoms with E-state index >= 15 is 0 Å². The Bertz CT molecular complexity index is 437. The van der Waals surface area contributed by atoms with Gasteiger partial charge in [-0.25, -0.2) is 0 Å². The fourth-order valence-corrected chi connectivity index (χ4v) is 1.27. The number of fused-ring (bicyclic) bond motifs is 1. The Morgan fingerprint density at radius 1 is 1.23 bits per heavy atom. The molecule has 13 heavy (non-hydrogen) atoms. The van der Waals surface area contributed by atoms with Crippen LogP contribution in [-0.4, -0.2) is 30.0 Å². The Morgan fingerprint density at radius 2 is 1.92 bits per heavy atom. The number of aromatic nitrogens is 4. The largest absolute Gasteiger partial charge is 0.492 e. The minimum absolute atomic E-state index is 0.261. The van der Waals surface area contributed by atoms with Crippen LogP contribution in [0.5, 0.6) is 11.9 Å². The maximum atomic E-state index is 9.30. The molecular weight excluding hydrogens is 172 g/mol. The summed E-state index contributed by atoms with van der Waals surface area (Å²) in [5, 5.41) is 26.1. The summed E-state index contributed by atoms with van der Waals surface area (Å²) < 4.78 is 1.42. The van der Waals surface area contributed by atoms with E-state index in [-0.39, 0.29) is 11.9 Å². The summed E-state index contributed by atoms with van der Waals surface area (Å²) in [6.07, 6.45) is 0. The predicted molar refractivity (Wildman–Crippen MR) is 43.5 cm³/mol. The minimum Gasteiger partial charge on any atom is -0.492 e. The van der Waals surface area contributed by atoms with Gasteiger partial charge in [0, 0.05) is 7.05 Å². The van der Waals surface area contributed by atoms with Crippen molar-refractivity contribution in [3.63, 3.8) is 0 Å². The molecule has 0 aromatic carbocycles. The second-order valence-corrected chi connectivity index (χ2v) is 2.78. The molecule has 68 valence electrons. The summed E-state index contributed by atoms with van der Waals surface area (Å²) in [7, 11) is 1.63. The van der Waals surface area contributed by atoms with E-state index in [4.69, 9.17) is 0 Å². The van der Waals surface area contributed by atoms with Crippen LogP contribution in [0.1, 0.15) is 5.69 Å². The summed E-state index contributed by atoms with van der Waals surface area (Å²) >= 11 is 0. The molecule has 0 saturated carbocycles. The summed E-state index contributed by atoms with van der Waals surface area (Å²) in [5.74, 6) is -0.300. The fraction of sp³-hybridized carbons (Fsp3) is 0.286. The third-order valence-electron chi connectivity index (χ3n) is 1.92. The molecular formula is C7H8N4O2. The van der Waals surface area contributed by atoms with Crippen molar-refractivity contribution in [2.45, 2.75) is 6.92 Å². The van der Waals surface area contributed by atoms with E-state index in [1.165, 1.54) is 4.57 Å². The van der Waals surface area contributed by atoms with Crippen LogP contribution >= 0.6 is 0 Å². The zero-order valence-electron chi connectivity index (χ0n) is 7.18. The van der Waals surface area contributed by atoms with E-state index in [0.29, 0.717) is 17.1 Å². The molecule has 0 aromatic rings. The smallest absolute Gasteiger partial charge is 0.297 e. The van der Waals surface area contributed by atoms with Gasteiger partial charge in [-0.15, -0.1) is 5.10 Å². The van der Waals surface area contributed by atoms with Crippen LogP contribution in [0, 0.1) is 6.92 Å². The second kappa shape index (κ2) is 2.32. The zero-order chi connectivity index (χ0) is 9.59. The van der Waals surface area contributed by atoms with Crippen LogP contribution in [0.4, 0.5) is 0 Å². The van der Waals surface area contributed by atoms with Gasteiger partial charge >= 0.3 is 0 Å². The molecule has 0 radical (unpaired) electrons. The van der Waals surface area contributed by atoms with Gasteiger partial charge in [-0.05, 0) is 6.92 Å². The minimum atomic E-state index is -0.300. The number of nitrogens with zero attached hydrogens (tertiary/aromatic N) is 4. The third-order valence-corrected chi connectivity index (χ3v) is 1.92. The van der Waals surface area contributed by atoms with E-state index in [9.17, 15) is 10.2 Å². The molecule has 2 heterocycles. The molecule has 2 aliphatic rings. The SMILES string of the molecule is Cc1nnc2c(O)nc(O)n(C)c1-2. The second-order valence-electron chi connectivity index (χ2n) is 2.78. The van der Waals surface area contributed by atoms with Gasteiger partial charge in [0.2, 0.25) is 5.88 Å². The normalized spacial score (nSPS) is 10.9. The van der Waals surface area contributed by atoms with Gasteiger partial charge in [0.25, 0.3) is 6.01 Å². The summed E-state index contributed by atoms with van der Waals surface area (Å²) in [4.78, 5) is 3.49. The lowest BCUT2D eigenvalue weighted by Crippen LogP contribution is -2.01. The first-order chi connectivity index (χ1) is 6.11. The Morgan fingerprint density at radius 3 is 2.62 bits per heavy atom. The number of hydrogen-bond donors (Lipinski definition) is 2. The maximum absolute atomic E-state index is 9.30. The average molecular weight is 180 g/mol. The molecule has 0 aliphatic carbocycles. The van der Waals surface area contributed by atoms with E-state index in [0.717, 1.165) is 0 Å². The highest BCUT2D eigenvalue weighted by atomic mass is 16.3. The highest BCUT2D eigenvalue weighted by Gasteiger charge is 2.20. The van der Waals surface area contributed by atoms with Crippen LogP contribution in [0.25, 0.3) is 11.4 Å². The Kier molecular flexibility index (Phi) is 1.39. The molecule has 2 rings (SSSR count). The maximum Gasteiger partial charge on any atom is 0.297 e. The molecule has 6 nitrogen and oxygen atoms in total. The molecule has 0 saturated heterocycles. The van der Waals surface area contributed by atoms with Crippen molar-refractivity contribution in [2.24, 2.45) is 7.05 Å². The van der Waals surface area contributed by atoms with Crippen molar-refractivity contribution >= 4 is 0 Å². The van der Waals surface area contributed by atoms with Crippen molar-refractivity contribution < 1.29 is 10.2 Å². The molecule has 0 atom stereocenters. The Hall–Kier alpha value is -1.85. The Labute approximate surface area is 73.8 Å². The van der Waals surface area contributed by atoms with Crippen LogP contribution in [0.3, 0.4) is 0 Å². The van der Waals surface area contributed by atoms with E-state index in [2.05, 4.69) is 15.2 Å². The molecule has 6 heteroatoms. The van der Waals surface area contributed by atoms with Gasteiger partial charge in [0.1, 0.15) is 5.69 Å². The van der Waals surface area contributed by atoms with Crippen LogP contribution in [0.2, 0.25) is 0 Å². The quantitative estimate of drug-likeness (QED) is 0.597. The lowest BCUT2D eigenvalue weighted by atomic mass is 10.2. The van der Waals surface area contributed by atoms with Gasteiger partial charge in [-0.2, -0.15) is 10.1 Å². The molecule has 0 spiro atoms. The van der Waals surface area contributed by atoms with Crippen molar-refractivity contribution in [1.29, 1.82) is 0 Å². The lowest BCUT2D eigenvalue weighted by molar-refractivity contribution is 0.378. The molecule has 2 aliphatic heterocycles. The van der Waals surface area contributed by atoms with Crippen molar-refractivity contribution in [3.8, 4) is 23.3 Å². The lowest BCUT2D eigenvalue weighted by Gasteiger charge is -2.08. The summed E-state index contributed by atoms with van der Waals surface area (Å²) in [6.45, 7) is 1.74. The zero-order valence-corrected chi connectivity index (χ0v) is 7.18. The summed E-state index contributed by atoms with van der Waals surface area (Å²) in [6, 6.07) is -0.261. The van der Waals surface area contributed by atoms with Crippen LogP contribution in [-0.2, 0) is 7.05 Å². The average Bonchev–Trinajstić information content (AvgIpc) is 2.44. The topological polar surface area (TPSA) is 84.1 Å². The summed E-state index contributed by atoms with van der Waals surface area (Å²) in [5.41, 5.74) is 1.54. The molecule has 0 bridgehead atoms. The predicted octanol–water partition coefficient (Wildman–Crippen LogP) is 0.0345. The highest BCUT2D eigenvalue weighted by molar-refractivity contribution is 5.64. The molecule has 0 unspecified atom stereocenters. The van der Waals surface area contributed by atoms with Gasteiger partial charge in [-0.1, -0.05) is 0 Å². The van der Waals surface area contributed by atoms with Crippen molar-refractivity contribution in [2.75, 3.05) is 0 Å². The standard InChI is InChI=1S/C7H8N4O2/c1-3-5-4(10-9-3)6(12)8-7(13)11(5)2/h12H,1-2H3,(H,8,13). The van der Waals surface area contributed by atoms with Gasteiger partial charge in [-0.3, -0.25) is 4.57 Å². The van der Waals surface area contributed by atoms with Crippen LogP contribution in [0.15, 0.2) is 0 Å². The highest BCUT2D eigenvalue weighted by Crippen LogP contribution is 2.31. The monoisotopic (exact) mass is 180 g/mol. The van der Waals surface area contributed by atoms with E-state index in [1.54, 1.807) is 14.0 Å².